The van der Waals surface area contributed by atoms with Crippen LogP contribution in [0.5, 0.6) is 0 Å². The molecule has 0 aliphatic heterocycles. The van der Waals surface area contributed by atoms with Gasteiger partial charge in [-0.15, -0.1) is 0 Å². The molecule has 1 nitrogen and oxygen atoms in total. The summed E-state index contributed by atoms with van der Waals surface area (Å²) < 4.78 is 13.3. The van der Waals surface area contributed by atoms with E-state index >= 15 is 0 Å². The molecule has 2 rings (SSSR count). The van der Waals surface area contributed by atoms with Crippen LogP contribution in [0.2, 0.25) is 20.1 Å². The fraction of sp³-hybridized carbons (Fsp3) is 0.0769. The number of hydrogen-bond acceptors (Lipinski definition) is 1. The van der Waals surface area contributed by atoms with E-state index in [4.69, 9.17) is 46.4 Å². The van der Waals surface area contributed by atoms with Crippen molar-refractivity contribution in [2.45, 2.75) is 6.54 Å². The lowest BCUT2D eigenvalue weighted by atomic mass is 10.2. The van der Waals surface area contributed by atoms with E-state index in [-0.39, 0.29) is 10.0 Å². The van der Waals surface area contributed by atoms with Crippen molar-refractivity contribution in [2.24, 2.45) is 0 Å². The van der Waals surface area contributed by atoms with Gasteiger partial charge in [0.05, 0.1) is 10.0 Å². The summed E-state index contributed by atoms with van der Waals surface area (Å²) in [6, 6.07) is 8.16. The Morgan fingerprint density at radius 3 is 1.89 bits per heavy atom. The number of hydrogen-bond donors (Lipinski definition) is 1. The molecule has 100 valence electrons. The minimum absolute atomic E-state index is 0.0286. The fourth-order valence-corrected chi connectivity index (χ4v) is 2.63. The first-order valence-corrected chi connectivity index (χ1v) is 6.80. The van der Waals surface area contributed by atoms with Crippen LogP contribution in [-0.4, -0.2) is 0 Å². The molecule has 0 bridgehead atoms. The Morgan fingerprint density at radius 2 is 1.37 bits per heavy atom. The van der Waals surface area contributed by atoms with Crippen molar-refractivity contribution in [1.82, 2.24) is 0 Å². The summed E-state index contributed by atoms with van der Waals surface area (Å²) in [5.41, 5.74) is 1.52. The number of anilines is 1. The molecule has 1 N–H and O–H groups in total. The summed E-state index contributed by atoms with van der Waals surface area (Å²) in [4.78, 5) is 0. The topological polar surface area (TPSA) is 12.0 Å². The van der Waals surface area contributed by atoms with E-state index in [0.29, 0.717) is 22.3 Å². The maximum Gasteiger partial charge on any atom is 0.160 e. The van der Waals surface area contributed by atoms with Crippen LogP contribution < -0.4 is 5.32 Å². The van der Waals surface area contributed by atoms with Gasteiger partial charge in [0.25, 0.3) is 0 Å². The number of halogens is 5. The van der Waals surface area contributed by atoms with Crippen LogP contribution in [0.4, 0.5) is 10.1 Å². The third-order valence-corrected chi connectivity index (χ3v) is 3.39. The Labute approximate surface area is 130 Å². The molecule has 0 heterocycles. The monoisotopic (exact) mass is 337 g/mol. The van der Waals surface area contributed by atoms with Gasteiger partial charge in [-0.1, -0.05) is 46.4 Å². The van der Waals surface area contributed by atoms with Gasteiger partial charge in [0, 0.05) is 22.3 Å². The van der Waals surface area contributed by atoms with E-state index in [2.05, 4.69) is 5.32 Å². The van der Waals surface area contributed by atoms with E-state index in [0.717, 1.165) is 5.56 Å². The molecule has 0 saturated heterocycles. The maximum absolute atomic E-state index is 13.3. The molecule has 0 amide bonds. The maximum atomic E-state index is 13.3. The van der Waals surface area contributed by atoms with Crippen molar-refractivity contribution >= 4 is 52.1 Å². The molecule has 2 aromatic carbocycles. The van der Waals surface area contributed by atoms with Crippen LogP contribution in [0.3, 0.4) is 0 Å². The van der Waals surface area contributed by atoms with Crippen molar-refractivity contribution in [2.75, 3.05) is 5.32 Å². The average molecular weight is 339 g/mol. The molecule has 0 saturated carbocycles. The largest absolute Gasteiger partial charge is 0.381 e. The van der Waals surface area contributed by atoms with Crippen LogP contribution >= 0.6 is 46.4 Å². The summed E-state index contributed by atoms with van der Waals surface area (Å²) in [7, 11) is 0. The van der Waals surface area contributed by atoms with E-state index in [1.807, 2.05) is 0 Å². The molecule has 0 unspecified atom stereocenters. The summed E-state index contributed by atoms with van der Waals surface area (Å²) in [5, 5.41) is 4.12. The zero-order valence-electron chi connectivity index (χ0n) is 9.48. The normalized spacial score (nSPS) is 10.6. The Balaban J connectivity index is 2.14. The molecule has 19 heavy (non-hydrogen) atoms. The van der Waals surface area contributed by atoms with Gasteiger partial charge < -0.3 is 5.32 Å². The fourth-order valence-electron chi connectivity index (χ4n) is 1.57. The summed E-state index contributed by atoms with van der Waals surface area (Å²) >= 11 is 23.2. The first-order valence-electron chi connectivity index (χ1n) is 5.29. The van der Waals surface area contributed by atoms with Crippen molar-refractivity contribution in [3.05, 3.63) is 61.8 Å². The zero-order valence-corrected chi connectivity index (χ0v) is 12.5. The smallest absolute Gasteiger partial charge is 0.160 e. The second kappa shape index (κ2) is 6.19. The molecule has 0 aliphatic carbocycles. The highest BCUT2D eigenvalue weighted by atomic mass is 35.5. The minimum Gasteiger partial charge on any atom is -0.381 e. The molecule has 0 radical (unpaired) electrons. The minimum atomic E-state index is -0.625. The summed E-state index contributed by atoms with van der Waals surface area (Å²) in [6.07, 6.45) is 0. The first-order chi connectivity index (χ1) is 8.95. The van der Waals surface area contributed by atoms with Crippen LogP contribution in [-0.2, 0) is 6.54 Å². The molecule has 0 spiro atoms. The van der Waals surface area contributed by atoms with Gasteiger partial charge in [-0.3, -0.25) is 0 Å². The Morgan fingerprint density at radius 1 is 0.842 bits per heavy atom. The van der Waals surface area contributed by atoms with E-state index < -0.39 is 5.82 Å². The predicted molar refractivity (Wildman–Crippen MR) is 80.2 cm³/mol. The van der Waals surface area contributed by atoms with Gasteiger partial charge in [-0.05, 0) is 35.9 Å². The lowest BCUT2D eigenvalue weighted by molar-refractivity contribution is 0.629. The van der Waals surface area contributed by atoms with Crippen molar-refractivity contribution < 1.29 is 4.39 Å². The van der Waals surface area contributed by atoms with Crippen LogP contribution in [0.25, 0.3) is 0 Å². The molecule has 0 aliphatic rings. The van der Waals surface area contributed by atoms with Crippen LogP contribution in [0, 0.1) is 5.82 Å². The number of nitrogens with one attached hydrogen (secondary N) is 1. The van der Waals surface area contributed by atoms with E-state index in [1.54, 1.807) is 18.2 Å². The SMILES string of the molecule is Fc1c(Cl)cc(NCc2cc(Cl)cc(Cl)c2)cc1Cl. The molecular weight excluding hydrogens is 331 g/mol. The van der Waals surface area contributed by atoms with E-state index in [9.17, 15) is 4.39 Å². The molecule has 0 atom stereocenters. The van der Waals surface area contributed by atoms with Gasteiger partial charge >= 0.3 is 0 Å². The second-order valence-electron chi connectivity index (χ2n) is 3.89. The Kier molecular flexibility index (Phi) is 4.80. The lowest BCUT2D eigenvalue weighted by Crippen LogP contribution is -2.00. The van der Waals surface area contributed by atoms with Crippen molar-refractivity contribution in [1.29, 1.82) is 0 Å². The summed E-state index contributed by atoms with van der Waals surface area (Å²) in [6.45, 7) is 0.471. The highest BCUT2D eigenvalue weighted by Crippen LogP contribution is 2.28. The third kappa shape index (κ3) is 3.90. The standard InChI is InChI=1S/C13H8Cl4FN/c14-8-1-7(2-9(15)3-8)6-19-10-4-11(16)13(18)12(17)5-10/h1-5,19H,6H2. The van der Waals surface area contributed by atoms with Crippen LogP contribution in [0.1, 0.15) is 5.56 Å². The first kappa shape index (κ1) is 14.7. The summed E-state index contributed by atoms with van der Waals surface area (Å²) in [5.74, 6) is -0.625. The molecule has 0 aromatic heterocycles. The lowest BCUT2D eigenvalue weighted by Gasteiger charge is -2.09. The van der Waals surface area contributed by atoms with Crippen LogP contribution in [0.15, 0.2) is 30.3 Å². The van der Waals surface area contributed by atoms with Gasteiger partial charge in [0.1, 0.15) is 0 Å². The van der Waals surface area contributed by atoms with Gasteiger partial charge in [-0.25, -0.2) is 4.39 Å². The van der Waals surface area contributed by atoms with Gasteiger partial charge in [0.15, 0.2) is 5.82 Å². The highest BCUT2D eigenvalue weighted by Gasteiger charge is 2.07. The molecule has 0 fully saturated rings. The number of rotatable bonds is 3. The van der Waals surface area contributed by atoms with Gasteiger partial charge in [-0.2, -0.15) is 0 Å². The van der Waals surface area contributed by atoms with Crippen molar-refractivity contribution in [3.63, 3.8) is 0 Å². The van der Waals surface area contributed by atoms with E-state index in [1.165, 1.54) is 12.1 Å². The Hall–Kier alpha value is -0.670. The zero-order chi connectivity index (χ0) is 14.0. The quantitative estimate of drug-likeness (QED) is 0.671. The van der Waals surface area contributed by atoms with Gasteiger partial charge in [0.2, 0.25) is 0 Å². The highest BCUT2D eigenvalue weighted by molar-refractivity contribution is 6.35. The predicted octanol–water partition coefficient (Wildman–Crippen LogP) is 6.05. The molecular formula is C13H8Cl4FN. The average Bonchev–Trinajstić information content (AvgIpc) is 2.32. The number of benzene rings is 2. The Bertz CT molecular complexity index is 572. The molecule has 2 aromatic rings. The second-order valence-corrected chi connectivity index (χ2v) is 5.57. The van der Waals surface area contributed by atoms with Crippen molar-refractivity contribution in [3.8, 4) is 0 Å². The molecule has 6 heteroatoms. The third-order valence-electron chi connectivity index (χ3n) is 2.40.